The first-order valence-electron chi connectivity index (χ1n) is 6.80. The molecule has 1 amide bonds. The number of rotatable bonds is 5. The van der Waals surface area contributed by atoms with Crippen LogP contribution < -0.4 is 10.2 Å². The number of fused-ring (bicyclic) bond motifs is 1. The van der Waals surface area contributed by atoms with Gasteiger partial charge >= 0.3 is 0 Å². The lowest BCUT2D eigenvalue weighted by Gasteiger charge is -2.10. The third-order valence-electron chi connectivity index (χ3n) is 2.80. The quantitative estimate of drug-likeness (QED) is 0.564. The number of amides is 1. The van der Waals surface area contributed by atoms with Gasteiger partial charge in [-0.1, -0.05) is 41.9 Å². The second-order valence-corrected chi connectivity index (χ2v) is 6.80. The summed E-state index contributed by atoms with van der Waals surface area (Å²) >= 11 is 6.97. The average molecular weight is 428 g/mol. The highest BCUT2D eigenvalue weighted by molar-refractivity contribution is 9.11. The first-order chi connectivity index (χ1) is 10.5. The first kappa shape index (κ1) is 17.0. The zero-order valence-corrected chi connectivity index (χ0v) is 15.4. The monoisotopic (exact) mass is 426 g/mol. The number of nitrogens with zero attached hydrogens (tertiary/aromatic N) is 1. The van der Waals surface area contributed by atoms with Gasteiger partial charge in [-0.05, 0) is 50.8 Å². The Labute approximate surface area is 146 Å². The van der Waals surface area contributed by atoms with E-state index in [2.05, 4.69) is 42.4 Å². The topological polar surface area (TPSA) is 50.7 Å². The number of hydrogen-bond donors (Lipinski definition) is 1. The molecule has 0 radical (unpaired) electrons. The van der Waals surface area contributed by atoms with Gasteiger partial charge in [-0.25, -0.2) is 5.43 Å². The Bertz CT molecular complexity index is 715. The number of carbonyl (C=O) groups excluding carboxylic acids is 1. The largest absolute Gasteiger partial charge is 0.483 e. The van der Waals surface area contributed by atoms with Crippen LogP contribution >= 0.6 is 31.9 Å². The second-order valence-electron chi connectivity index (χ2n) is 5.09. The van der Waals surface area contributed by atoms with Crippen molar-refractivity contribution in [3.05, 3.63) is 39.3 Å². The van der Waals surface area contributed by atoms with Crippen molar-refractivity contribution >= 4 is 54.8 Å². The van der Waals surface area contributed by atoms with Crippen LogP contribution in [0.2, 0.25) is 0 Å². The summed E-state index contributed by atoms with van der Waals surface area (Å²) in [4.78, 5) is 11.6. The van der Waals surface area contributed by atoms with E-state index in [4.69, 9.17) is 4.74 Å². The summed E-state index contributed by atoms with van der Waals surface area (Å²) in [5, 5.41) is 5.95. The number of halogens is 2. The van der Waals surface area contributed by atoms with Gasteiger partial charge in [0.15, 0.2) is 6.61 Å². The molecule has 1 N–H and O–H groups in total. The summed E-state index contributed by atoms with van der Waals surface area (Å²) in [5.74, 6) is 0.618. The number of hydrogen-bond acceptors (Lipinski definition) is 3. The number of nitrogens with one attached hydrogen (secondary N) is 1. The summed E-state index contributed by atoms with van der Waals surface area (Å²) in [6, 6.07) is 9.77. The van der Waals surface area contributed by atoms with Crippen molar-refractivity contribution in [3.63, 3.8) is 0 Å². The van der Waals surface area contributed by atoms with Crippen LogP contribution in [0.25, 0.3) is 10.8 Å². The van der Waals surface area contributed by atoms with Gasteiger partial charge in [0.05, 0.1) is 4.47 Å². The SMILES string of the molecule is CC(C)/C=N/NC(=O)COc1ccc2cc(Br)ccc2c1Br. The Kier molecular flexibility index (Phi) is 5.97. The van der Waals surface area contributed by atoms with Gasteiger partial charge in [-0.15, -0.1) is 0 Å². The smallest absolute Gasteiger partial charge is 0.277 e. The molecule has 0 heterocycles. The molecule has 2 aromatic carbocycles. The average Bonchev–Trinajstić information content (AvgIpc) is 2.46. The Morgan fingerprint density at radius 1 is 1.32 bits per heavy atom. The molecule has 0 unspecified atom stereocenters. The van der Waals surface area contributed by atoms with Crippen molar-refractivity contribution < 1.29 is 9.53 Å². The molecular weight excluding hydrogens is 412 g/mol. The summed E-state index contributed by atoms with van der Waals surface area (Å²) < 4.78 is 7.40. The van der Waals surface area contributed by atoms with E-state index in [1.165, 1.54) is 0 Å². The van der Waals surface area contributed by atoms with Gasteiger partial charge in [0, 0.05) is 10.7 Å². The van der Waals surface area contributed by atoms with Gasteiger partial charge in [0.25, 0.3) is 5.91 Å². The fraction of sp³-hybridized carbons (Fsp3) is 0.250. The number of benzene rings is 2. The van der Waals surface area contributed by atoms with Crippen LogP contribution in [0.1, 0.15) is 13.8 Å². The van der Waals surface area contributed by atoms with E-state index in [1.54, 1.807) is 6.21 Å². The molecule has 0 aliphatic heterocycles. The molecule has 22 heavy (non-hydrogen) atoms. The molecule has 0 bridgehead atoms. The summed E-state index contributed by atoms with van der Waals surface area (Å²) in [6.07, 6.45) is 1.67. The highest BCUT2D eigenvalue weighted by Gasteiger charge is 2.08. The van der Waals surface area contributed by atoms with E-state index in [1.807, 2.05) is 44.2 Å². The van der Waals surface area contributed by atoms with Crippen molar-refractivity contribution in [2.45, 2.75) is 13.8 Å². The van der Waals surface area contributed by atoms with Crippen LogP contribution in [0.15, 0.2) is 44.4 Å². The number of ether oxygens (including phenoxy) is 1. The molecule has 0 spiro atoms. The molecule has 4 nitrogen and oxygen atoms in total. The molecular formula is C16H16Br2N2O2. The molecule has 2 aromatic rings. The summed E-state index contributed by atoms with van der Waals surface area (Å²) in [7, 11) is 0. The fourth-order valence-electron chi connectivity index (χ4n) is 1.79. The van der Waals surface area contributed by atoms with E-state index in [0.29, 0.717) is 5.75 Å². The summed E-state index contributed by atoms with van der Waals surface area (Å²) in [5.41, 5.74) is 2.43. The molecule has 0 saturated carbocycles. The molecule has 0 aliphatic rings. The maximum atomic E-state index is 11.6. The summed E-state index contributed by atoms with van der Waals surface area (Å²) in [6.45, 7) is 3.88. The lowest BCUT2D eigenvalue weighted by molar-refractivity contribution is -0.123. The first-order valence-corrected chi connectivity index (χ1v) is 8.38. The highest BCUT2D eigenvalue weighted by atomic mass is 79.9. The Hall–Kier alpha value is -1.40. The minimum Gasteiger partial charge on any atom is -0.483 e. The molecule has 0 fully saturated rings. The lowest BCUT2D eigenvalue weighted by atomic mass is 10.1. The number of carbonyl (C=O) groups is 1. The van der Waals surface area contributed by atoms with Crippen molar-refractivity contribution in [3.8, 4) is 5.75 Å². The van der Waals surface area contributed by atoms with Gasteiger partial charge < -0.3 is 4.74 Å². The number of hydrazone groups is 1. The fourth-order valence-corrected chi connectivity index (χ4v) is 2.77. The van der Waals surface area contributed by atoms with Crippen LogP contribution in [0.5, 0.6) is 5.75 Å². The zero-order chi connectivity index (χ0) is 16.1. The molecule has 0 atom stereocenters. The van der Waals surface area contributed by atoms with Crippen molar-refractivity contribution in [2.75, 3.05) is 6.61 Å². The molecule has 0 aromatic heterocycles. The maximum absolute atomic E-state index is 11.6. The third-order valence-corrected chi connectivity index (χ3v) is 4.11. The van der Waals surface area contributed by atoms with E-state index in [-0.39, 0.29) is 18.4 Å². The van der Waals surface area contributed by atoms with Gasteiger partial charge in [0.1, 0.15) is 5.75 Å². The van der Waals surface area contributed by atoms with Crippen molar-refractivity contribution in [1.29, 1.82) is 0 Å². The van der Waals surface area contributed by atoms with E-state index in [9.17, 15) is 4.79 Å². The lowest BCUT2D eigenvalue weighted by Crippen LogP contribution is -2.24. The Balaban J connectivity index is 2.04. The highest BCUT2D eigenvalue weighted by Crippen LogP contribution is 2.34. The van der Waals surface area contributed by atoms with E-state index >= 15 is 0 Å². The van der Waals surface area contributed by atoms with Crippen LogP contribution in [0.3, 0.4) is 0 Å². The molecule has 2 rings (SSSR count). The van der Waals surface area contributed by atoms with Crippen LogP contribution in [0.4, 0.5) is 0 Å². The molecule has 6 heteroatoms. The van der Waals surface area contributed by atoms with Gasteiger partial charge in [-0.2, -0.15) is 5.10 Å². The zero-order valence-electron chi connectivity index (χ0n) is 12.3. The van der Waals surface area contributed by atoms with Crippen molar-refractivity contribution in [2.24, 2.45) is 11.0 Å². The van der Waals surface area contributed by atoms with Gasteiger partial charge in [0.2, 0.25) is 0 Å². The third kappa shape index (κ3) is 4.55. The Morgan fingerprint density at radius 3 is 2.82 bits per heavy atom. The second kappa shape index (κ2) is 7.74. The van der Waals surface area contributed by atoms with Crippen LogP contribution in [0, 0.1) is 5.92 Å². The minimum absolute atomic E-state index is 0.0872. The Morgan fingerprint density at radius 2 is 2.09 bits per heavy atom. The normalized spacial score (nSPS) is 11.3. The standard InChI is InChI=1S/C16H16Br2N2O2/c1-10(2)8-19-20-15(21)9-22-14-6-3-11-7-12(17)4-5-13(11)16(14)18/h3-8,10H,9H2,1-2H3,(H,20,21)/b19-8+. The predicted molar refractivity (Wildman–Crippen MR) is 96.3 cm³/mol. The van der Waals surface area contributed by atoms with Crippen molar-refractivity contribution in [1.82, 2.24) is 5.43 Å². The minimum atomic E-state index is -0.292. The maximum Gasteiger partial charge on any atom is 0.277 e. The molecule has 0 aliphatic carbocycles. The van der Waals surface area contributed by atoms with Crippen LogP contribution in [-0.2, 0) is 4.79 Å². The molecule has 116 valence electrons. The van der Waals surface area contributed by atoms with E-state index in [0.717, 1.165) is 19.7 Å². The molecule has 0 saturated heterocycles. The van der Waals surface area contributed by atoms with E-state index < -0.39 is 0 Å². The predicted octanol–water partition coefficient (Wildman–Crippen LogP) is 4.50. The van der Waals surface area contributed by atoms with Gasteiger partial charge in [-0.3, -0.25) is 4.79 Å². The van der Waals surface area contributed by atoms with Crippen LogP contribution in [-0.4, -0.2) is 18.7 Å².